The predicted molar refractivity (Wildman–Crippen MR) is 140 cm³/mol. The maximum absolute atomic E-state index is 13.6. The lowest BCUT2D eigenvalue weighted by Crippen LogP contribution is -2.51. The summed E-state index contributed by atoms with van der Waals surface area (Å²) < 4.78 is 42.5. The van der Waals surface area contributed by atoms with Crippen molar-refractivity contribution in [2.45, 2.75) is 31.3 Å². The maximum atomic E-state index is 13.6. The van der Waals surface area contributed by atoms with Crippen LogP contribution in [0.15, 0.2) is 88.2 Å². The number of halogens is 2. The molecule has 0 unspecified atom stereocenters. The van der Waals surface area contributed by atoms with Crippen molar-refractivity contribution in [3.05, 3.63) is 94.7 Å². The van der Waals surface area contributed by atoms with Crippen molar-refractivity contribution >= 4 is 43.5 Å². The highest BCUT2D eigenvalue weighted by Crippen LogP contribution is 2.25. The van der Waals surface area contributed by atoms with Crippen LogP contribution < -0.4 is 9.62 Å². The summed E-state index contributed by atoms with van der Waals surface area (Å²) >= 11 is 3.38. The van der Waals surface area contributed by atoms with Gasteiger partial charge in [-0.1, -0.05) is 46.3 Å². The van der Waals surface area contributed by atoms with Gasteiger partial charge in [0.05, 0.1) is 10.6 Å². The van der Waals surface area contributed by atoms with Gasteiger partial charge >= 0.3 is 0 Å². The second-order valence-corrected chi connectivity index (χ2v) is 10.8. The third-order valence-electron chi connectivity index (χ3n) is 5.51. The van der Waals surface area contributed by atoms with E-state index in [1.54, 1.807) is 32.0 Å². The molecule has 0 aliphatic carbocycles. The summed E-state index contributed by atoms with van der Waals surface area (Å²) in [5.74, 6) is -1.48. The van der Waals surface area contributed by atoms with E-state index in [1.807, 2.05) is 24.3 Å². The zero-order valence-corrected chi connectivity index (χ0v) is 22.3. The molecule has 0 aliphatic heterocycles. The third kappa shape index (κ3) is 6.70. The van der Waals surface area contributed by atoms with Crippen molar-refractivity contribution in [3.63, 3.8) is 0 Å². The van der Waals surface area contributed by atoms with Gasteiger partial charge in [-0.3, -0.25) is 13.9 Å². The smallest absolute Gasteiger partial charge is 0.264 e. The molecule has 190 valence electrons. The zero-order valence-electron chi connectivity index (χ0n) is 19.9. The fraction of sp³-hybridized carbons (Fsp3) is 0.231. The Bertz CT molecular complexity index is 1290. The maximum Gasteiger partial charge on any atom is 0.264 e. The molecule has 0 spiro atoms. The van der Waals surface area contributed by atoms with Crippen LogP contribution >= 0.6 is 15.9 Å². The monoisotopic (exact) mass is 575 g/mol. The molecule has 0 bridgehead atoms. The molecule has 0 aromatic heterocycles. The zero-order chi connectivity index (χ0) is 26.3. The Hall–Kier alpha value is -3.24. The Labute approximate surface area is 219 Å². The number of carbonyl (C=O) groups excluding carboxylic acids is 2. The molecular formula is C26H27BrFN3O4S. The summed E-state index contributed by atoms with van der Waals surface area (Å²) in [5, 5.41) is 2.71. The van der Waals surface area contributed by atoms with Crippen molar-refractivity contribution in [3.8, 4) is 0 Å². The van der Waals surface area contributed by atoms with Gasteiger partial charge < -0.3 is 10.2 Å². The van der Waals surface area contributed by atoms with Gasteiger partial charge in [0, 0.05) is 17.6 Å². The Morgan fingerprint density at radius 1 is 0.972 bits per heavy atom. The lowest BCUT2D eigenvalue weighted by atomic mass is 10.1. The average Bonchev–Trinajstić information content (AvgIpc) is 2.87. The number of nitrogens with one attached hydrogen (secondary N) is 1. The fourth-order valence-corrected chi connectivity index (χ4v) is 5.25. The van der Waals surface area contributed by atoms with E-state index < -0.39 is 34.3 Å². The van der Waals surface area contributed by atoms with Gasteiger partial charge in [0.25, 0.3) is 10.0 Å². The van der Waals surface area contributed by atoms with E-state index in [0.29, 0.717) is 6.54 Å². The number of rotatable bonds is 10. The van der Waals surface area contributed by atoms with E-state index in [2.05, 4.69) is 21.2 Å². The van der Waals surface area contributed by atoms with Gasteiger partial charge in [-0.25, -0.2) is 12.8 Å². The summed E-state index contributed by atoms with van der Waals surface area (Å²) in [6.45, 7) is 3.26. The number of nitrogens with zero attached hydrogens (tertiary/aromatic N) is 2. The van der Waals surface area contributed by atoms with E-state index >= 15 is 0 Å². The molecular weight excluding hydrogens is 549 g/mol. The van der Waals surface area contributed by atoms with Crippen LogP contribution in [0, 0.1) is 5.82 Å². The molecule has 3 rings (SSSR count). The lowest BCUT2D eigenvalue weighted by molar-refractivity contribution is -0.139. The van der Waals surface area contributed by atoms with Crippen LogP contribution in [-0.2, 0) is 26.2 Å². The van der Waals surface area contributed by atoms with E-state index in [1.165, 1.54) is 29.2 Å². The van der Waals surface area contributed by atoms with E-state index in [-0.39, 0.29) is 23.0 Å². The molecule has 0 heterocycles. The highest BCUT2D eigenvalue weighted by atomic mass is 79.9. The average molecular weight is 576 g/mol. The van der Waals surface area contributed by atoms with Gasteiger partial charge in [-0.05, 0) is 67.9 Å². The first-order valence-electron chi connectivity index (χ1n) is 11.3. The molecule has 3 aromatic rings. The fourth-order valence-electron chi connectivity index (χ4n) is 3.55. The van der Waals surface area contributed by atoms with Crippen LogP contribution in [0.5, 0.6) is 0 Å². The van der Waals surface area contributed by atoms with Crippen molar-refractivity contribution in [2.75, 3.05) is 17.4 Å². The lowest BCUT2D eigenvalue weighted by Gasteiger charge is -2.32. The Morgan fingerprint density at radius 2 is 1.58 bits per heavy atom. The molecule has 1 atom stereocenters. The molecule has 0 fully saturated rings. The van der Waals surface area contributed by atoms with E-state index in [9.17, 15) is 22.4 Å². The number of hydrogen-bond donors (Lipinski definition) is 1. The van der Waals surface area contributed by atoms with E-state index in [0.717, 1.165) is 26.5 Å². The minimum Gasteiger partial charge on any atom is -0.355 e. The van der Waals surface area contributed by atoms with Crippen LogP contribution in [0.25, 0.3) is 0 Å². The number of hydrogen-bond acceptors (Lipinski definition) is 4. The predicted octanol–water partition coefficient (Wildman–Crippen LogP) is 4.34. The minimum atomic E-state index is -4.17. The third-order valence-corrected chi connectivity index (χ3v) is 7.83. The molecule has 0 aliphatic rings. The number of benzene rings is 3. The molecule has 0 radical (unpaired) electrons. The molecule has 0 saturated carbocycles. The number of carbonyl (C=O) groups is 2. The second-order valence-electron chi connectivity index (χ2n) is 8.02. The largest absolute Gasteiger partial charge is 0.355 e. The molecule has 2 amide bonds. The minimum absolute atomic E-state index is 0.0154. The number of sulfonamides is 1. The van der Waals surface area contributed by atoms with Crippen molar-refractivity contribution in [1.29, 1.82) is 0 Å². The Balaban J connectivity index is 2.00. The first kappa shape index (κ1) is 27.3. The van der Waals surface area contributed by atoms with Gasteiger partial charge in [0.15, 0.2) is 0 Å². The number of amides is 2. The normalized spacial score (nSPS) is 12.0. The molecule has 3 aromatic carbocycles. The van der Waals surface area contributed by atoms with E-state index in [4.69, 9.17) is 0 Å². The Morgan fingerprint density at radius 3 is 2.17 bits per heavy atom. The molecule has 10 heteroatoms. The molecule has 1 N–H and O–H groups in total. The quantitative estimate of drug-likeness (QED) is 0.389. The first-order chi connectivity index (χ1) is 17.1. The van der Waals surface area contributed by atoms with Crippen LogP contribution in [0.3, 0.4) is 0 Å². The van der Waals surface area contributed by atoms with Crippen molar-refractivity contribution in [1.82, 2.24) is 10.2 Å². The summed E-state index contributed by atoms with van der Waals surface area (Å²) in [4.78, 5) is 27.6. The van der Waals surface area contributed by atoms with Crippen LogP contribution in [-0.4, -0.2) is 44.3 Å². The van der Waals surface area contributed by atoms with Gasteiger partial charge in [-0.2, -0.15) is 0 Å². The summed E-state index contributed by atoms with van der Waals surface area (Å²) in [6.07, 6.45) is 0. The number of anilines is 1. The number of likely N-dealkylation sites (N-methyl/N-ethyl adjacent to an activating group) is 1. The first-order valence-corrected chi connectivity index (χ1v) is 13.5. The van der Waals surface area contributed by atoms with Gasteiger partial charge in [0.1, 0.15) is 18.4 Å². The highest BCUT2D eigenvalue weighted by Gasteiger charge is 2.32. The standard InChI is InChI=1S/C26H27BrFN3O4S/c1-3-29-26(33)19(2)30(17-20-9-11-21(27)12-10-20)25(32)18-31(23-15-13-22(28)14-16-23)36(34,35)24-7-5-4-6-8-24/h4-16,19H,3,17-18H2,1-2H3,(H,29,33)/t19-/m1/s1. The summed E-state index contributed by atoms with van der Waals surface area (Å²) in [6, 6.07) is 18.9. The van der Waals surface area contributed by atoms with Crippen LogP contribution in [0.4, 0.5) is 10.1 Å². The van der Waals surface area contributed by atoms with Crippen molar-refractivity contribution < 1.29 is 22.4 Å². The highest BCUT2D eigenvalue weighted by molar-refractivity contribution is 9.10. The Kier molecular flexibility index (Phi) is 9.22. The van der Waals surface area contributed by atoms with Gasteiger partial charge in [0.2, 0.25) is 11.8 Å². The summed E-state index contributed by atoms with van der Waals surface area (Å²) in [5.41, 5.74) is 0.893. The molecule has 36 heavy (non-hydrogen) atoms. The van der Waals surface area contributed by atoms with Gasteiger partial charge in [-0.15, -0.1) is 0 Å². The SMILES string of the molecule is CCNC(=O)[C@@H](C)N(Cc1ccc(Br)cc1)C(=O)CN(c1ccc(F)cc1)S(=O)(=O)c1ccccc1. The summed E-state index contributed by atoms with van der Waals surface area (Å²) in [7, 11) is -4.17. The molecule has 0 saturated heterocycles. The molecule has 7 nitrogen and oxygen atoms in total. The van der Waals surface area contributed by atoms with Crippen LogP contribution in [0.2, 0.25) is 0 Å². The van der Waals surface area contributed by atoms with Crippen molar-refractivity contribution in [2.24, 2.45) is 0 Å². The van der Waals surface area contributed by atoms with Crippen LogP contribution in [0.1, 0.15) is 19.4 Å². The second kappa shape index (κ2) is 12.1. The topological polar surface area (TPSA) is 86.8 Å².